The van der Waals surface area contributed by atoms with E-state index in [1.54, 1.807) is 12.1 Å². The Hall–Kier alpha value is -2.22. The Labute approximate surface area is 121 Å². The molecule has 1 atom stereocenters. The minimum absolute atomic E-state index is 0.0902. The molecule has 0 saturated carbocycles. The lowest BCUT2D eigenvalue weighted by Crippen LogP contribution is -2.05. The van der Waals surface area contributed by atoms with Crippen molar-refractivity contribution in [3.05, 3.63) is 72.3 Å². The summed E-state index contributed by atoms with van der Waals surface area (Å²) in [5, 5.41) is 9.19. The van der Waals surface area contributed by atoms with Crippen LogP contribution in [0.3, 0.4) is 0 Å². The maximum Gasteiger partial charge on any atom is 0.123 e. The zero-order valence-electron chi connectivity index (χ0n) is 12.5. The van der Waals surface area contributed by atoms with Gasteiger partial charge in [-0.1, -0.05) is 42.5 Å². The van der Waals surface area contributed by atoms with Crippen molar-refractivity contribution < 1.29 is 11.2 Å². The number of fused-ring (bicyclic) bond motifs is 1. The molecule has 1 aliphatic rings. The Bertz CT molecular complexity index is 570. The van der Waals surface area contributed by atoms with E-state index >= 15 is 0 Å². The van der Waals surface area contributed by atoms with Crippen LogP contribution in [-0.2, 0) is 12.8 Å². The lowest BCUT2D eigenvalue weighted by molar-refractivity contribution is 0.254. The first-order valence-electron chi connectivity index (χ1n) is 7.37. The highest BCUT2D eigenvalue weighted by Crippen LogP contribution is 2.27. The van der Waals surface area contributed by atoms with Gasteiger partial charge in [-0.2, -0.15) is 0 Å². The average molecular weight is 270 g/mol. The number of benzene rings is 2. The third-order valence-electron chi connectivity index (χ3n) is 3.07. The number of phenolic OH excluding ortho intramolecular Hbond substituents is 1. The maximum absolute atomic E-state index is 9.19. The summed E-state index contributed by atoms with van der Waals surface area (Å²) >= 11 is 0. The van der Waals surface area contributed by atoms with Gasteiger partial charge in [0, 0.05) is 7.79 Å². The summed E-state index contributed by atoms with van der Waals surface area (Å²) in [6, 6.07) is 15.3. The van der Waals surface area contributed by atoms with Crippen LogP contribution >= 0.6 is 0 Å². The third kappa shape index (κ3) is 3.64. The van der Waals surface area contributed by atoms with E-state index in [0.29, 0.717) is 12.6 Å². The molecule has 2 nitrogen and oxygen atoms in total. The Balaban J connectivity index is 0.000000155. The van der Waals surface area contributed by atoms with Crippen LogP contribution in [0.15, 0.2) is 61.2 Å². The number of hydrogen-bond acceptors (Lipinski definition) is 2. The molecule has 0 saturated heterocycles. The number of rotatable bonds is 2. The van der Waals surface area contributed by atoms with Crippen molar-refractivity contribution in [3.8, 4) is 11.5 Å². The Morgan fingerprint density at radius 3 is 2.75 bits per heavy atom. The first-order chi connectivity index (χ1) is 10.2. The van der Waals surface area contributed by atoms with Gasteiger partial charge >= 0.3 is 0 Å². The highest BCUT2D eigenvalue weighted by molar-refractivity contribution is 5.36. The second-order valence-corrected chi connectivity index (χ2v) is 4.67. The lowest BCUT2D eigenvalue weighted by atomic mass is 10.1. The van der Waals surface area contributed by atoms with E-state index in [-0.39, 0.29) is 6.10 Å². The molecule has 1 aliphatic heterocycles. The molecule has 0 aromatic heterocycles. The molecule has 3 rings (SSSR count). The van der Waals surface area contributed by atoms with Gasteiger partial charge in [0.15, 0.2) is 0 Å². The first kappa shape index (κ1) is 12.8. The number of para-hydroxylation sites is 2. The fraction of sp³-hybridized carbons (Fsp3) is 0.222. The van der Waals surface area contributed by atoms with Gasteiger partial charge in [-0.25, -0.2) is 0 Å². The van der Waals surface area contributed by atoms with E-state index in [1.807, 2.05) is 36.4 Å². The SMILES string of the molecule is C=CCc1ccccc1O.[3H]CC1Cc2ccccc2O1. The second kappa shape index (κ2) is 6.80. The van der Waals surface area contributed by atoms with E-state index < -0.39 is 0 Å². The van der Waals surface area contributed by atoms with Gasteiger partial charge < -0.3 is 9.84 Å². The van der Waals surface area contributed by atoms with E-state index in [2.05, 4.69) is 12.6 Å². The summed E-state index contributed by atoms with van der Waals surface area (Å²) in [5.41, 5.74) is 2.17. The lowest BCUT2D eigenvalue weighted by Gasteiger charge is -2.00. The Kier molecular flexibility index (Phi) is 4.35. The average Bonchev–Trinajstić information content (AvgIpc) is 2.94. The van der Waals surface area contributed by atoms with Crippen molar-refractivity contribution in [3.63, 3.8) is 0 Å². The van der Waals surface area contributed by atoms with E-state index in [9.17, 15) is 5.11 Å². The van der Waals surface area contributed by atoms with E-state index in [1.165, 1.54) is 5.56 Å². The van der Waals surface area contributed by atoms with Crippen LogP contribution in [0.4, 0.5) is 0 Å². The Morgan fingerprint density at radius 1 is 1.30 bits per heavy atom. The number of ether oxygens (including phenoxy) is 1. The predicted molar refractivity (Wildman–Crippen MR) is 82.2 cm³/mol. The van der Waals surface area contributed by atoms with Crippen LogP contribution < -0.4 is 4.74 Å². The summed E-state index contributed by atoms with van der Waals surface area (Å²) in [5.74, 6) is 1.31. The van der Waals surface area contributed by atoms with Gasteiger partial charge in [0.2, 0.25) is 0 Å². The highest BCUT2D eigenvalue weighted by atomic mass is 16.5. The molecular weight excluding hydrogens is 248 g/mol. The van der Waals surface area contributed by atoms with Crippen LogP contribution in [0.25, 0.3) is 0 Å². The molecule has 2 aromatic rings. The van der Waals surface area contributed by atoms with Crippen molar-refractivity contribution in [1.29, 1.82) is 0 Å². The monoisotopic (exact) mass is 270 g/mol. The van der Waals surface area contributed by atoms with E-state index in [4.69, 9.17) is 6.11 Å². The van der Waals surface area contributed by atoms with Gasteiger partial charge in [0.1, 0.15) is 17.6 Å². The third-order valence-corrected chi connectivity index (χ3v) is 3.07. The molecule has 2 aromatic carbocycles. The van der Waals surface area contributed by atoms with Crippen molar-refractivity contribution in [2.24, 2.45) is 0 Å². The standard InChI is InChI=1S/2C9H10O/c1-7-6-8-4-2-3-5-9(8)10-7;1-2-5-8-6-3-4-7-9(8)10/h2-5,7H,6H2,1H3;2-4,6-7,10H,1,5H2/i1T;. The van der Waals surface area contributed by atoms with Crippen LogP contribution in [0, 0.1) is 0 Å². The summed E-state index contributed by atoms with van der Waals surface area (Å²) in [7, 11) is 0. The molecule has 0 amide bonds. The molecule has 1 unspecified atom stereocenters. The van der Waals surface area contributed by atoms with Gasteiger partial charge in [0.05, 0.1) is 0 Å². The van der Waals surface area contributed by atoms with Crippen molar-refractivity contribution in [2.45, 2.75) is 25.8 Å². The van der Waals surface area contributed by atoms with Gasteiger partial charge in [-0.15, -0.1) is 6.58 Å². The maximum atomic E-state index is 9.19. The van der Waals surface area contributed by atoms with Crippen molar-refractivity contribution >= 4 is 0 Å². The van der Waals surface area contributed by atoms with Gasteiger partial charge in [-0.05, 0) is 36.6 Å². The largest absolute Gasteiger partial charge is 0.508 e. The van der Waals surface area contributed by atoms with E-state index in [0.717, 1.165) is 24.2 Å². The molecule has 104 valence electrons. The van der Waals surface area contributed by atoms with Gasteiger partial charge in [-0.3, -0.25) is 0 Å². The zero-order chi connectivity index (χ0) is 15.1. The molecule has 0 fully saturated rings. The van der Waals surface area contributed by atoms with Crippen LogP contribution in [0.1, 0.15) is 19.4 Å². The number of allylic oxidation sites excluding steroid dienone is 1. The highest BCUT2D eigenvalue weighted by Gasteiger charge is 2.16. The summed E-state index contributed by atoms with van der Waals surface area (Å²) in [4.78, 5) is 0. The molecule has 1 N–H and O–H groups in total. The molecule has 2 heteroatoms. The fourth-order valence-electron chi connectivity index (χ4n) is 2.09. The zero-order valence-corrected chi connectivity index (χ0v) is 11.5. The fourth-order valence-corrected chi connectivity index (χ4v) is 2.09. The molecule has 0 spiro atoms. The predicted octanol–water partition coefficient (Wildman–Crippen LogP) is 4.13. The first-order valence-corrected chi connectivity index (χ1v) is 6.66. The molecule has 0 aliphatic carbocycles. The van der Waals surface area contributed by atoms with Crippen molar-refractivity contribution in [1.82, 2.24) is 0 Å². The number of aromatic hydroxyl groups is 1. The number of phenols is 1. The molecule has 20 heavy (non-hydrogen) atoms. The Morgan fingerprint density at radius 2 is 2.05 bits per heavy atom. The summed E-state index contributed by atoms with van der Waals surface area (Å²) in [6.45, 7) is 3.94. The van der Waals surface area contributed by atoms with Crippen molar-refractivity contribution in [2.75, 3.05) is 0 Å². The van der Waals surface area contributed by atoms with Crippen LogP contribution in [0.5, 0.6) is 11.5 Å². The quantitative estimate of drug-likeness (QED) is 0.831. The normalized spacial score (nSPS) is 16.2. The molecule has 1 heterocycles. The molecule has 0 radical (unpaired) electrons. The van der Waals surface area contributed by atoms with Crippen LogP contribution in [0.2, 0.25) is 0 Å². The summed E-state index contributed by atoms with van der Waals surface area (Å²) in [6.07, 6.45) is 3.49. The number of hydrogen-bond donors (Lipinski definition) is 1. The second-order valence-electron chi connectivity index (χ2n) is 4.67. The minimum atomic E-state index is 0.0902. The van der Waals surface area contributed by atoms with Gasteiger partial charge in [0.25, 0.3) is 0 Å². The smallest absolute Gasteiger partial charge is 0.123 e. The van der Waals surface area contributed by atoms with Crippen LogP contribution in [-0.4, -0.2) is 11.2 Å². The minimum Gasteiger partial charge on any atom is -0.508 e. The topological polar surface area (TPSA) is 29.5 Å². The molecular formula is C18H20O2. The summed E-state index contributed by atoms with van der Waals surface area (Å²) < 4.78 is 12.6. The molecule has 0 bridgehead atoms.